The van der Waals surface area contributed by atoms with E-state index in [9.17, 15) is 18.3 Å². The minimum absolute atomic E-state index is 0.130. The molecule has 1 aliphatic carbocycles. The van der Waals surface area contributed by atoms with Crippen molar-refractivity contribution >= 4 is 49.5 Å². The number of hydrogen-bond donors (Lipinski definition) is 3. The summed E-state index contributed by atoms with van der Waals surface area (Å²) >= 11 is 5.59. The molecular weight excluding hydrogens is 792 g/mol. The Balaban J connectivity index is 1.44. The number of halogens is 1. The number of aliphatic hydroxyl groups excluding tert-OH is 1. The normalized spacial score (nSPS) is 22.4. The number of carbonyl (C=O) groups is 1. The summed E-state index contributed by atoms with van der Waals surface area (Å²) in [4.78, 5) is 18.0. The van der Waals surface area contributed by atoms with Gasteiger partial charge in [0.1, 0.15) is 27.8 Å². The number of rotatable bonds is 15. The summed E-state index contributed by atoms with van der Waals surface area (Å²) in [6.07, 6.45) is 5.35. The van der Waals surface area contributed by atoms with Gasteiger partial charge in [0.25, 0.3) is 10.0 Å². The summed E-state index contributed by atoms with van der Waals surface area (Å²) in [6.45, 7) is 8.55. The van der Waals surface area contributed by atoms with Crippen molar-refractivity contribution in [2.75, 3.05) is 26.9 Å². The molecule has 1 saturated carbocycles. The van der Waals surface area contributed by atoms with Crippen molar-refractivity contribution in [3.05, 3.63) is 94.0 Å². The van der Waals surface area contributed by atoms with Crippen molar-refractivity contribution in [1.29, 1.82) is 0 Å². The van der Waals surface area contributed by atoms with Gasteiger partial charge < -0.3 is 29.5 Å². The number of aliphatic hydroxyl groups is 1. The lowest BCUT2D eigenvalue weighted by atomic mass is 9.64. The van der Waals surface area contributed by atoms with E-state index in [0.29, 0.717) is 59.9 Å². The molecule has 290 valence electrons. The molecule has 2 heterocycles. The second-order valence-corrected chi connectivity index (χ2v) is 17.6. The first-order valence-electron chi connectivity index (χ1n) is 18.3. The number of sulfonamides is 1. The Morgan fingerprint density at radius 1 is 1.19 bits per heavy atom. The zero-order chi connectivity index (χ0) is 38.5. The molecule has 0 saturated heterocycles. The number of ether oxygens (including phenoxy) is 3. The molecule has 3 N–H and O–H groups in total. The van der Waals surface area contributed by atoms with Crippen LogP contribution in [0.4, 0.5) is 4.79 Å². The lowest BCUT2D eigenvalue weighted by Gasteiger charge is -2.46. The van der Waals surface area contributed by atoms with Gasteiger partial charge in [0.05, 0.1) is 36.7 Å². The fourth-order valence-electron chi connectivity index (χ4n) is 7.72. The Morgan fingerprint density at radius 2 is 1.94 bits per heavy atom. The second kappa shape index (κ2) is 17.4. The van der Waals surface area contributed by atoms with Crippen molar-refractivity contribution in [1.82, 2.24) is 15.0 Å². The summed E-state index contributed by atoms with van der Waals surface area (Å²) in [6, 6.07) is 15.8. The number of methoxy groups -OCH3 is 1. The van der Waals surface area contributed by atoms with Crippen molar-refractivity contribution in [3.8, 4) is 17.2 Å². The van der Waals surface area contributed by atoms with E-state index in [4.69, 9.17) is 14.2 Å². The second-order valence-electron chi connectivity index (χ2n) is 14.0. The quantitative estimate of drug-likeness (QED) is 0.0829. The highest BCUT2D eigenvalue weighted by molar-refractivity contribution is 9.10. The molecule has 1 fully saturated rings. The number of hydrogen-bond acceptors (Lipinski definition) is 9. The predicted octanol–water partition coefficient (Wildman–Crippen LogP) is 7.23. The number of thioether (sulfide) groups is 1. The molecule has 2 amide bonds. The van der Waals surface area contributed by atoms with Crippen LogP contribution in [-0.4, -0.2) is 74.4 Å². The van der Waals surface area contributed by atoms with Gasteiger partial charge in [-0.2, -0.15) is 25.3 Å². The van der Waals surface area contributed by atoms with Crippen LogP contribution in [0.1, 0.15) is 67.7 Å². The Hall–Kier alpha value is -3.72. The van der Waals surface area contributed by atoms with E-state index in [0.717, 1.165) is 47.3 Å². The van der Waals surface area contributed by atoms with Gasteiger partial charge in [0.15, 0.2) is 0 Å². The minimum atomic E-state index is -3.93. The number of allylic oxidation sites excluding steroid dienone is 1. The standard InChI is InChI=1S/C40H49BrN4O7S2/c1-5-7-8-9-18-51-33-19-28-23-45(39(47)42-6-2)30(24-46)22-40-34(52-38(36(28)40)37(33)41)20-29(43-44-54(48,49)32-16-10-26(3)11-17-32)21-35(40)53-25-27-12-14-31(50-4)15-13-27/h5,10-17,19,30,34-35,44,46H,1,6-9,18,20-25H2,2-4H3,(H,42,47)/b43-29+/t30-,34+,35+,40?/m0/s1. The van der Waals surface area contributed by atoms with Crippen LogP contribution in [0.15, 0.2) is 81.7 Å². The molecule has 14 heteroatoms. The number of nitrogens with one attached hydrogen (secondary N) is 2. The maximum Gasteiger partial charge on any atom is 0.318 e. The Kier molecular flexibility index (Phi) is 12.9. The number of nitrogens with zero attached hydrogens (tertiary/aromatic N) is 2. The topological polar surface area (TPSA) is 139 Å². The van der Waals surface area contributed by atoms with Crippen LogP contribution in [0.2, 0.25) is 0 Å². The van der Waals surface area contributed by atoms with Gasteiger partial charge in [-0.25, -0.2) is 9.63 Å². The zero-order valence-corrected chi connectivity index (χ0v) is 34.2. The number of unbranched alkanes of at least 4 members (excludes halogenated alkanes) is 2. The maximum absolute atomic E-state index is 13.7. The monoisotopic (exact) mass is 840 g/mol. The van der Waals surface area contributed by atoms with Gasteiger partial charge >= 0.3 is 6.03 Å². The molecule has 0 bridgehead atoms. The fraction of sp³-hybridized carbons (Fsp3) is 0.450. The van der Waals surface area contributed by atoms with Crippen LogP contribution in [0.3, 0.4) is 0 Å². The number of aryl methyl sites for hydroxylation is 1. The van der Waals surface area contributed by atoms with E-state index in [1.54, 1.807) is 48.0 Å². The molecule has 0 aromatic heterocycles. The molecule has 3 aliphatic rings. The summed E-state index contributed by atoms with van der Waals surface area (Å²) in [5.74, 6) is 2.69. The summed E-state index contributed by atoms with van der Waals surface area (Å²) < 4.78 is 46.1. The maximum atomic E-state index is 13.7. The van der Waals surface area contributed by atoms with E-state index in [1.807, 2.05) is 50.3 Å². The minimum Gasteiger partial charge on any atom is -0.497 e. The third-order valence-corrected chi connectivity index (χ3v) is 13.9. The molecule has 11 nitrogen and oxygen atoms in total. The molecule has 4 atom stereocenters. The van der Waals surface area contributed by atoms with Gasteiger partial charge in [-0.3, -0.25) is 0 Å². The van der Waals surface area contributed by atoms with Crippen LogP contribution in [0.5, 0.6) is 17.2 Å². The number of carbonyl (C=O) groups excluding carboxylic acids is 1. The van der Waals surface area contributed by atoms with Crippen molar-refractivity contribution in [2.45, 2.75) is 92.4 Å². The van der Waals surface area contributed by atoms with E-state index < -0.39 is 27.6 Å². The lowest BCUT2D eigenvalue weighted by Crippen LogP contribution is -2.56. The molecular formula is C40H49BrN4O7S2. The van der Waals surface area contributed by atoms with E-state index in [1.165, 1.54) is 0 Å². The van der Waals surface area contributed by atoms with E-state index >= 15 is 0 Å². The average Bonchev–Trinajstić information content (AvgIpc) is 3.43. The molecule has 0 radical (unpaired) electrons. The van der Waals surface area contributed by atoms with Gasteiger partial charge in [0, 0.05) is 48.2 Å². The Bertz CT molecular complexity index is 1960. The first kappa shape index (κ1) is 40.0. The Morgan fingerprint density at radius 3 is 2.63 bits per heavy atom. The van der Waals surface area contributed by atoms with Crippen LogP contribution in [0, 0.1) is 6.92 Å². The highest BCUT2D eigenvalue weighted by Gasteiger charge is 2.61. The summed E-state index contributed by atoms with van der Waals surface area (Å²) in [7, 11) is -2.29. The highest BCUT2D eigenvalue weighted by atomic mass is 79.9. The smallest absolute Gasteiger partial charge is 0.318 e. The number of amides is 2. The van der Waals surface area contributed by atoms with Gasteiger partial charge in [-0.15, -0.1) is 6.58 Å². The van der Waals surface area contributed by atoms with Crippen molar-refractivity contribution in [3.63, 3.8) is 0 Å². The number of hydrazone groups is 1. The zero-order valence-electron chi connectivity index (χ0n) is 31.0. The number of urea groups is 1. The summed E-state index contributed by atoms with van der Waals surface area (Å²) in [5, 5.41) is 18.3. The first-order valence-corrected chi connectivity index (χ1v) is 21.7. The van der Waals surface area contributed by atoms with Gasteiger partial charge in [-0.1, -0.05) is 35.9 Å². The average molecular weight is 842 g/mol. The fourth-order valence-corrected chi connectivity index (χ4v) is 10.7. The molecule has 6 rings (SSSR count). The lowest BCUT2D eigenvalue weighted by molar-refractivity contribution is 0.0776. The van der Waals surface area contributed by atoms with Crippen LogP contribution < -0.4 is 24.4 Å². The molecule has 2 aliphatic heterocycles. The molecule has 1 spiro atoms. The third-order valence-electron chi connectivity index (χ3n) is 10.5. The number of benzene rings is 3. The van der Waals surface area contributed by atoms with Crippen LogP contribution >= 0.6 is 27.7 Å². The molecule has 3 aromatic carbocycles. The van der Waals surface area contributed by atoms with Crippen molar-refractivity contribution < 1.29 is 32.5 Å². The molecule has 54 heavy (non-hydrogen) atoms. The highest BCUT2D eigenvalue weighted by Crippen LogP contribution is 2.61. The molecule has 3 aromatic rings. The van der Waals surface area contributed by atoms with E-state index in [2.05, 4.69) is 37.8 Å². The molecule has 1 unspecified atom stereocenters. The predicted molar refractivity (Wildman–Crippen MR) is 216 cm³/mol. The van der Waals surface area contributed by atoms with Crippen LogP contribution in [0.25, 0.3) is 0 Å². The van der Waals surface area contributed by atoms with Gasteiger partial charge in [0.2, 0.25) is 0 Å². The van der Waals surface area contributed by atoms with Crippen molar-refractivity contribution in [2.24, 2.45) is 5.10 Å². The Labute approximate surface area is 331 Å². The van der Waals surface area contributed by atoms with Crippen LogP contribution in [-0.2, 0) is 27.7 Å². The largest absolute Gasteiger partial charge is 0.497 e. The SMILES string of the molecule is C=CCCCCOc1cc2c3c(c1Br)O[C@@H]1C/C(=N\NS(=O)(=O)c4ccc(C)cc4)C[C@@H](SCc4ccc(OC)cc4)C31C[C@@H](CO)N(C(=O)NCC)C2. The van der Waals surface area contributed by atoms with Gasteiger partial charge in [-0.05, 0) is 96.9 Å². The first-order chi connectivity index (χ1) is 26.0. The summed E-state index contributed by atoms with van der Waals surface area (Å²) in [5.41, 5.74) is 3.92. The third kappa shape index (κ3) is 8.26. The van der Waals surface area contributed by atoms with E-state index in [-0.39, 0.29) is 29.3 Å².